The number of aryl methyl sites for hydroxylation is 2. The molecule has 0 aliphatic carbocycles. The fourth-order valence-electron chi connectivity index (χ4n) is 5.97. The molecule has 4 rings (SSSR count). The lowest BCUT2D eigenvalue weighted by Gasteiger charge is -2.33. The summed E-state index contributed by atoms with van der Waals surface area (Å²) in [7, 11) is 1.55. The third-order valence-corrected chi connectivity index (χ3v) is 7.34. The van der Waals surface area contributed by atoms with Crippen molar-refractivity contribution in [2.75, 3.05) is 25.5 Å². The van der Waals surface area contributed by atoms with Gasteiger partial charge in [-0.15, -0.1) is 0 Å². The van der Waals surface area contributed by atoms with E-state index < -0.39 is 29.1 Å². The van der Waals surface area contributed by atoms with E-state index in [0.717, 1.165) is 16.8 Å². The molecule has 8 nitrogen and oxygen atoms in total. The number of nitrogens with one attached hydrogen (secondary N) is 2. The SMILES string of the molecule is CNC(=O)[C@@H]1[C@H]2C(=O)N(CCCO)C(C(=O)Nc3c(C)cccc3C)C23CC[C@@]1(C)O3. The summed E-state index contributed by atoms with van der Waals surface area (Å²) in [5.74, 6) is -2.15. The highest BCUT2D eigenvalue weighted by atomic mass is 16.5. The van der Waals surface area contributed by atoms with Gasteiger partial charge in [0, 0.05) is 25.9 Å². The van der Waals surface area contributed by atoms with Crippen LogP contribution in [0.1, 0.15) is 37.3 Å². The van der Waals surface area contributed by atoms with E-state index >= 15 is 0 Å². The number of nitrogens with zero attached hydrogens (tertiary/aromatic N) is 1. The fourth-order valence-corrected chi connectivity index (χ4v) is 5.97. The van der Waals surface area contributed by atoms with Crippen molar-refractivity contribution in [3.05, 3.63) is 29.3 Å². The van der Waals surface area contributed by atoms with Gasteiger partial charge in [-0.25, -0.2) is 0 Å². The largest absolute Gasteiger partial charge is 0.396 e. The van der Waals surface area contributed by atoms with Gasteiger partial charge in [0.05, 0.1) is 17.4 Å². The third-order valence-electron chi connectivity index (χ3n) is 7.34. The van der Waals surface area contributed by atoms with Crippen LogP contribution in [0, 0.1) is 25.7 Å². The Morgan fingerprint density at radius 2 is 1.90 bits per heavy atom. The minimum Gasteiger partial charge on any atom is -0.396 e. The molecule has 3 N–H and O–H groups in total. The molecule has 1 aromatic rings. The zero-order valence-electron chi connectivity index (χ0n) is 18.5. The lowest BCUT2D eigenvalue weighted by atomic mass is 9.66. The first-order valence-corrected chi connectivity index (χ1v) is 10.9. The van der Waals surface area contributed by atoms with Crippen molar-refractivity contribution in [3.63, 3.8) is 0 Å². The van der Waals surface area contributed by atoms with E-state index in [9.17, 15) is 19.5 Å². The summed E-state index contributed by atoms with van der Waals surface area (Å²) in [5, 5.41) is 15.1. The number of amides is 3. The number of rotatable bonds is 6. The summed E-state index contributed by atoms with van der Waals surface area (Å²) in [6.07, 6.45) is 1.49. The van der Waals surface area contributed by atoms with Crippen LogP contribution < -0.4 is 10.6 Å². The predicted molar refractivity (Wildman–Crippen MR) is 114 cm³/mol. The minimum absolute atomic E-state index is 0.0931. The van der Waals surface area contributed by atoms with E-state index in [1.54, 1.807) is 7.05 Å². The lowest BCUT2D eigenvalue weighted by Crippen LogP contribution is -2.53. The van der Waals surface area contributed by atoms with Crippen molar-refractivity contribution >= 4 is 23.4 Å². The maximum absolute atomic E-state index is 13.7. The number of fused-ring (bicyclic) bond motifs is 1. The van der Waals surface area contributed by atoms with E-state index in [0.29, 0.717) is 19.3 Å². The number of aliphatic hydroxyl groups is 1. The maximum atomic E-state index is 13.7. The van der Waals surface area contributed by atoms with Gasteiger partial charge in [-0.2, -0.15) is 0 Å². The predicted octanol–water partition coefficient (Wildman–Crippen LogP) is 1.14. The average Bonchev–Trinajstić information content (AvgIpc) is 3.29. The van der Waals surface area contributed by atoms with Gasteiger partial charge in [-0.3, -0.25) is 14.4 Å². The van der Waals surface area contributed by atoms with E-state index in [1.165, 1.54) is 4.90 Å². The van der Waals surface area contributed by atoms with Crippen molar-refractivity contribution in [1.82, 2.24) is 10.2 Å². The first-order chi connectivity index (χ1) is 14.7. The van der Waals surface area contributed by atoms with Gasteiger partial charge in [0.1, 0.15) is 11.6 Å². The summed E-state index contributed by atoms with van der Waals surface area (Å²) >= 11 is 0. The molecule has 0 radical (unpaired) electrons. The highest BCUT2D eigenvalue weighted by Gasteiger charge is 2.77. The van der Waals surface area contributed by atoms with Crippen molar-refractivity contribution in [1.29, 1.82) is 0 Å². The number of hydrogen-bond acceptors (Lipinski definition) is 5. The van der Waals surface area contributed by atoms with Crippen molar-refractivity contribution < 1.29 is 24.2 Å². The van der Waals surface area contributed by atoms with Gasteiger partial charge in [0.25, 0.3) is 0 Å². The van der Waals surface area contributed by atoms with Crippen molar-refractivity contribution in [2.45, 2.75) is 57.3 Å². The number of para-hydroxylation sites is 1. The second kappa shape index (κ2) is 7.60. The van der Waals surface area contributed by atoms with Gasteiger partial charge in [-0.1, -0.05) is 18.2 Å². The zero-order chi connectivity index (χ0) is 22.6. The number of benzene rings is 1. The summed E-state index contributed by atoms with van der Waals surface area (Å²) in [6.45, 7) is 5.86. The molecular weight excluding hydrogens is 398 g/mol. The molecule has 0 saturated carbocycles. The summed E-state index contributed by atoms with van der Waals surface area (Å²) < 4.78 is 6.47. The van der Waals surface area contributed by atoms with Crippen LogP contribution in [0.5, 0.6) is 0 Å². The smallest absolute Gasteiger partial charge is 0.250 e. The molecule has 8 heteroatoms. The Morgan fingerprint density at radius 3 is 2.52 bits per heavy atom. The first-order valence-electron chi connectivity index (χ1n) is 10.9. The van der Waals surface area contributed by atoms with Gasteiger partial charge in [0.2, 0.25) is 17.7 Å². The molecule has 3 fully saturated rings. The Morgan fingerprint density at radius 1 is 1.23 bits per heavy atom. The van der Waals surface area contributed by atoms with Crippen molar-refractivity contribution in [2.24, 2.45) is 11.8 Å². The standard InChI is InChI=1S/C23H31N3O5/c1-13-7-5-8-14(2)17(13)25-20(29)18-23-10-9-22(3,31-23)15(19(28)24-4)16(23)21(30)26(18)11-6-12-27/h5,7-8,15-16,18,27H,6,9-12H2,1-4H3,(H,24,28)(H,25,29)/t15-,16-,18?,22+,23?/m0/s1. The molecule has 3 heterocycles. The highest BCUT2D eigenvalue weighted by Crippen LogP contribution is 2.63. The summed E-state index contributed by atoms with van der Waals surface area (Å²) in [4.78, 5) is 41.5. The maximum Gasteiger partial charge on any atom is 0.250 e. The number of hydrogen-bond donors (Lipinski definition) is 3. The lowest BCUT2D eigenvalue weighted by molar-refractivity contribution is -0.144. The van der Waals surface area contributed by atoms with Gasteiger partial charge in [-0.05, 0) is 51.2 Å². The molecule has 31 heavy (non-hydrogen) atoms. The minimum atomic E-state index is -1.04. The summed E-state index contributed by atoms with van der Waals surface area (Å²) in [6, 6.07) is 4.92. The van der Waals surface area contributed by atoms with E-state index in [4.69, 9.17) is 4.74 Å². The molecule has 2 bridgehead atoms. The van der Waals surface area contributed by atoms with Gasteiger partial charge in [0.15, 0.2) is 0 Å². The van der Waals surface area contributed by atoms with Crippen LogP contribution in [0.2, 0.25) is 0 Å². The van der Waals surface area contributed by atoms with Crippen LogP contribution in [0.25, 0.3) is 0 Å². The number of likely N-dealkylation sites (tertiary alicyclic amines) is 1. The van der Waals surface area contributed by atoms with Gasteiger partial charge < -0.3 is 25.4 Å². The van der Waals surface area contributed by atoms with E-state index in [-0.39, 0.29) is 30.9 Å². The third kappa shape index (κ3) is 3.07. The van der Waals surface area contributed by atoms with Crippen molar-refractivity contribution in [3.8, 4) is 0 Å². The number of aliphatic hydroxyl groups excluding tert-OH is 1. The second-order valence-electron chi connectivity index (χ2n) is 9.21. The van der Waals surface area contributed by atoms with E-state index in [2.05, 4.69) is 10.6 Å². The number of carbonyl (C=O) groups is 3. The molecule has 5 atom stereocenters. The molecule has 1 aromatic carbocycles. The Labute approximate surface area is 182 Å². The monoisotopic (exact) mass is 429 g/mol. The summed E-state index contributed by atoms with van der Waals surface area (Å²) in [5.41, 5.74) is 0.768. The van der Waals surface area contributed by atoms with E-state index in [1.807, 2.05) is 39.0 Å². The molecule has 168 valence electrons. The Bertz CT molecular complexity index is 914. The highest BCUT2D eigenvalue weighted by molar-refractivity contribution is 6.04. The molecule has 3 aliphatic rings. The molecule has 3 saturated heterocycles. The topological polar surface area (TPSA) is 108 Å². The molecule has 2 unspecified atom stereocenters. The molecule has 0 aromatic heterocycles. The average molecular weight is 430 g/mol. The normalized spacial score (nSPS) is 33.5. The fraction of sp³-hybridized carbons (Fsp3) is 0.609. The quantitative estimate of drug-likeness (QED) is 0.628. The number of carbonyl (C=O) groups excluding carboxylic acids is 3. The van der Waals surface area contributed by atoms with Crippen LogP contribution in [0.4, 0.5) is 5.69 Å². The molecule has 3 amide bonds. The van der Waals surface area contributed by atoms with Crippen LogP contribution in [0.15, 0.2) is 18.2 Å². The molecule has 3 aliphatic heterocycles. The first kappa shape index (κ1) is 21.8. The molecule has 1 spiro atoms. The van der Waals surface area contributed by atoms with Crippen LogP contribution in [-0.2, 0) is 19.1 Å². The Kier molecular flexibility index (Phi) is 5.34. The van der Waals surface area contributed by atoms with Crippen LogP contribution in [0.3, 0.4) is 0 Å². The van der Waals surface area contributed by atoms with Crippen LogP contribution in [-0.4, -0.2) is 65.2 Å². The zero-order valence-corrected chi connectivity index (χ0v) is 18.5. The molecular formula is C23H31N3O5. The number of anilines is 1. The Balaban J connectivity index is 1.75. The second-order valence-corrected chi connectivity index (χ2v) is 9.21. The van der Waals surface area contributed by atoms with Gasteiger partial charge >= 0.3 is 0 Å². The Hall–Kier alpha value is -2.45. The van der Waals surface area contributed by atoms with Crippen LogP contribution >= 0.6 is 0 Å². The number of ether oxygens (including phenoxy) is 1.